The van der Waals surface area contributed by atoms with Crippen LogP contribution in [0.1, 0.15) is 21.7 Å². The number of fused-ring (bicyclic) bond motifs is 1. The SMILES string of the molecule is Cc1nc2ccccc2nc1C(=O)Nc1ccc(C#N)cc1. The molecule has 1 aromatic heterocycles. The van der Waals surface area contributed by atoms with Gasteiger partial charge in [0.05, 0.1) is 28.4 Å². The molecule has 3 aromatic rings. The molecule has 0 atom stereocenters. The first-order valence-corrected chi connectivity index (χ1v) is 6.72. The summed E-state index contributed by atoms with van der Waals surface area (Å²) in [6.07, 6.45) is 0. The third-order valence-electron chi connectivity index (χ3n) is 3.23. The van der Waals surface area contributed by atoms with Crippen molar-refractivity contribution in [2.75, 3.05) is 5.32 Å². The van der Waals surface area contributed by atoms with Crippen LogP contribution >= 0.6 is 0 Å². The molecule has 3 rings (SSSR count). The van der Waals surface area contributed by atoms with Crippen LogP contribution in [0.3, 0.4) is 0 Å². The van der Waals surface area contributed by atoms with Gasteiger partial charge in [0.1, 0.15) is 5.69 Å². The van der Waals surface area contributed by atoms with Crippen LogP contribution < -0.4 is 5.32 Å². The van der Waals surface area contributed by atoms with Crippen molar-refractivity contribution in [3.05, 3.63) is 65.5 Å². The number of hydrogen-bond acceptors (Lipinski definition) is 4. The number of carbonyl (C=O) groups excluding carboxylic acids is 1. The minimum absolute atomic E-state index is 0.294. The van der Waals surface area contributed by atoms with Crippen LogP contribution in [-0.4, -0.2) is 15.9 Å². The van der Waals surface area contributed by atoms with Gasteiger partial charge < -0.3 is 5.32 Å². The second-order valence-corrected chi connectivity index (χ2v) is 4.79. The Morgan fingerprint density at radius 2 is 1.68 bits per heavy atom. The van der Waals surface area contributed by atoms with Gasteiger partial charge in [-0.2, -0.15) is 5.26 Å². The lowest BCUT2D eigenvalue weighted by Crippen LogP contribution is -2.16. The summed E-state index contributed by atoms with van der Waals surface area (Å²) in [7, 11) is 0. The monoisotopic (exact) mass is 288 g/mol. The van der Waals surface area contributed by atoms with Crippen molar-refractivity contribution in [2.45, 2.75) is 6.92 Å². The lowest BCUT2D eigenvalue weighted by atomic mass is 10.2. The Kier molecular flexibility index (Phi) is 3.50. The lowest BCUT2D eigenvalue weighted by Gasteiger charge is -2.08. The Hall–Kier alpha value is -3.26. The van der Waals surface area contributed by atoms with Crippen LogP contribution in [0.25, 0.3) is 11.0 Å². The molecule has 0 aliphatic heterocycles. The Balaban J connectivity index is 1.91. The highest BCUT2D eigenvalue weighted by molar-refractivity contribution is 6.04. The van der Waals surface area contributed by atoms with E-state index in [9.17, 15) is 4.79 Å². The first-order chi connectivity index (χ1) is 10.7. The minimum Gasteiger partial charge on any atom is -0.321 e. The summed E-state index contributed by atoms with van der Waals surface area (Å²) in [4.78, 5) is 21.1. The molecule has 0 fully saturated rings. The van der Waals surface area contributed by atoms with E-state index in [4.69, 9.17) is 5.26 Å². The van der Waals surface area contributed by atoms with Gasteiger partial charge in [0, 0.05) is 5.69 Å². The second kappa shape index (κ2) is 5.62. The van der Waals surface area contributed by atoms with Crippen LogP contribution in [0.15, 0.2) is 48.5 Å². The van der Waals surface area contributed by atoms with Crippen LogP contribution in [0.5, 0.6) is 0 Å². The third-order valence-corrected chi connectivity index (χ3v) is 3.23. The van der Waals surface area contributed by atoms with E-state index in [1.807, 2.05) is 30.3 Å². The Morgan fingerprint density at radius 3 is 2.32 bits per heavy atom. The molecule has 1 amide bonds. The number of rotatable bonds is 2. The number of aryl methyl sites for hydroxylation is 1. The highest BCUT2D eigenvalue weighted by Crippen LogP contribution is 2.15. The van der Waals surface area contributed by atoms with Gasteiger partial charge in [-0.3, -0.25) is 4.79 Å². The van der Waals surface area contributed by atoms with Gasteiger partial charge in [0.15, 0.2) is 0 Å². The molecule has 5 nitrogen and oxygen atoms in total. The summed E-state index contributed by atoms with van der Waals surface area (Å²) in [6, 6.07) is 16.1. The fourth-order valence-corrected chi connectivity index (χ4v) is 2.12. The van der Waals surface area contributed by atoms with Crippen molar-refractivity contribution in [1.82, 2.24) is 9.97 Å². The molecule has 106 valence electrons. The van der Waals surface area contributed by atoms with E-state index in [2.05, 4.69) is 15.3 Å². The van der Waals surface area contributed by atoms with E-state index < -0.39 is 0 Å². The Bertz CT molecular complexity index is 895. The number of anilines is 1. The summed E-state index contributed by atoms with van der Waals surface area (Å²) in [5.74, 6) is -0.319. The van der Waals surface area contributed by atoms with Gasteiger partial charge in [0.25, 0.3) is 5.91 Å². The molecule has 1 N–H and O–H groups in total. The molecule has 0 radical (unpaired) electrons. The normalized spacial score (nSPS) is 10.2. The van der Waals surface area contributed by atoms with Gasteiger partial charge in [-0.1, -0.05) is 12.1 Å². The molecular weight excluding hydrogens is 276 g/mol. The van der Waals surface area contributed by atoms with Gasteiger partial charge in [-0.15, -0.1) is 0 Å². The van der Waals surface area contributed by atoms with Crippen molar-refractivity contribution >= 4 is 22.6 Å². The fraction of sp³-hybridized carbons (Fsp3) is 0.0588. The quantitative estimate of drug-likeness (QED) is 0.786. The molecule has 0 bridgehead atoms. The molecular formula is C17H12N4O. The highest BCUT2D eigenvalue weighted by Gasteiger charge is 2.13. The van der Waals surface area contributed by atoms with Crippen molar-refractivity contribution in [2.24, 2.45) is 0 Å². The largest absolute Gasteiger partial charge is 0.321 e. The van der Waals surface area contributed by atoms with Crippen LogP contribution in [0.2, 0.25) is 0 Å². The van der Waals surface area contributed by atoms with E-state index in [1.165, 1.54) is 0 Å². The number of amides is 1. The average molecular weight is 288 g/mol. The number of hydrogen-bond donors (Lipinski definition) is 1. The molecule has 0 saturated carbocycles. The number of benzene rings is 2. The molecule has 0 spiro atoms. The van der Waals surface area contributed by atoms with E-state index in [0.29, 0.717) is 28.2 Å². The summed E-state index contributed by atoms with van der Waals surface area (Å²) >= 11 is 0. The van der Waals surface area contributed by atoms with Gasteiger partial charge in [-0.25, -0.2) is 9.97 Å². The maximum absolute atomic E-state index is 12.4. The number of aromatic nitrogens is 2. The topological polar surface area (TPSA) is 78.7 Å². The third kappa shape index (κ3) is 2.63. The molecule has 0 aliphatic carbocycles. The minimum atomic E-state index is -0.319. The van der Waals surface area contributed by atoms with Gasteiger partial charge >= 0.3 is 0 Å². The molecule has 1 heterocycles. The zero-order chi connectivity index (χ0) is 15.5. The predicted molar refractivity (Wildman–Crippen MR) is 83.4 cm³/mol. The van der Waals surface area contributed by atoms with Crippen LogP contribution in [0.4, 0.5) is 5.69 Å². The van der Waals surface area contributed by atoms with Crippen molar-refractivity contribution in [3.8, 4) is 6.07 Å². The van der Waals surface area contributed by atoms with Crippen molar-refractivity contribution < 1.29 is 4.79 Å². The second-order valence-electron chi connectivity index (χ2n) is 4.79. The summed E-state index contributed by atoms with van der Waals surface area (Å²) in [5, 5.41) is 11.5. The number of nitrogens with one attached hydrogen (secondary N) is 1. The van der Waals surface area contributed by atoms with Crippen molar-refractivity contribution in [3.63, 3.8) is 0 Å². The van der Waals surface area contributed by atoms with E-state index in [1.54, 1.807) is 31.2 Å². The van der Waals surface area contributed by atoms with E-state index >= 15 is 0 Å². The zero-order valence-corrected chi connectivity index (χ0v) is 11.9. The first-order valence-electron chi connectivity index (χ1n) is 6.72. The molecule has 22 heavy (non-hydrogen) atoms. The molecule has 2 aromatic carbocycles. The number of para-hydroxylation sites is 2. The maximum Gasteiger partial charge on any atom is 0.276 e. The average Bonchev–Trinajstić information content (AvgIpc) is 2.54. The predicted octanol–water partition coefficient (Wildman–Crippen LogP) is 3.06. The molecule has 5 heteroatoms. The van der Waals surface area contributed by atoms with Gasteiger partial charge in [0.2, 0.25) is 0 Å². The number of nitriles is 1. The zero-order valence-electron chi connectivity index (χ0n) is 11.9. The number of carbonyl (C=O) groups is 1. The first kappa shape index (κ1) is 13.7. The molecule has 0 unspecified atom stereocenters. The van der Waals surface area contributed by atoms with Gasteiger partial charge in [-0.05, 0) is 43.3 Å². The van der Waals surface area contributed by atoms with E-state index in [-0.39, 0.29) is 5.91 Å². The number of nitrogens with zero attached hydrogens (tertiary/aromatic N) is 3. The fourth-order valence-electron chi connectivity index (χ4n) is 2.12. The lowest BCUT2D eigenvalue weighted by molar-refractivity contribution is 0.102. The van der Waals surface area contributed by atoms with Crippen LogP contribution in [-0.2, 0) is 0 Å². The van der Waals surface area contributed by atoms with E-state index in [0.717, 1.165) is 5.52 Å². The molecule has 0 aliphatic rings. The Labute approximate surface area is 127 Å². The Morgan fingerprint density at radius 1 is 1.05 bits per heavy atom. The van der Waals surface area contributed by atoms with Crippen molar-refractivity contribution in [1.29, 1.82) is 5.26 Å². The highest BCUT2D eigenvalue weighted by atomic mass is 16.1. The standard InChI is InChI=1S/C17H12N4O/c1-11-16(21-15-5-3-2-4-14(15)19-11)17(22)20-13-8-6-12(10-18)7-9-13/h2-9H,1H3,(H,20,22). The smallest absolute Gasteiger partial charge is 0.276 e. The summed E-state index contributed by atoms with van der Waals surface area (Å²) in [6.45, 7) is 1.76. The summed E-state index contributed by atoms with van der Waals surface area (Å²) in [5.41, 5.74) is 3.46. The summed E-state index contributed by atoms with van der Waals surface area (Å²) < 4.78 is 0. The molecule has 0 saturated heterocycles. The maximum atomic E-state index is 12.4. The van der Waals surface area contributed by atoms with Crippen LogP contribution in [0, 0.1) is 18.3 Å².